The van der Waals surface area contributed by atoms with Crippen LogP contribution in [0, 0.1) is 13.8 Å². The van der Waals surface area contributed by atoms with Crippen LogP contribution in [0.1, 0.15) is 27.3 Å². The van der Waals surface area contributed by atoms with Gasteiger partial charge in [-0.15, -0.1) is 0 Å². The summed E-state index contributed by atoms with van der Waals surface area (Å²) in [6.45, 7) is 3.88. The molecule has 0 saturated heterocycles. The predicted octanol–water partition coefficient (Wildman–Crippen LogP) is 2.65. The highest BCUT2D eigenvalue weighted by Gasteiger charge is 2.11. The second-order valence-electron chi connectivity index (χ2n) is 5.27. The summed E-state index contributed by atoms with van der Waals surface area (Å²) in [7, 11) is 0. The maximum absolute atomic E-state index is 11.9. The van der Waals surface area contributed by atoms with Crippen LogP contribution in [0.2, 0.25) is 0 Å². The first-order valence-electron chi connectivity index (χ1n) is 7.52. The van der Waals surface area contributed by atoms with Crippen molar-refractivity contribution in [2.45, 2.75) is 13.8 Å². The summed E-state index contributed by atoms with van der Waals surface area (Å²) in [5.74, 6) is -0.301. The van der Waals surface area contributed by atoms with E-state index in [-0.39, 0.29) is 5.91 Å². The Morgan fingerprint density at radius 2 is 1.96 bits per heavy atom. The van der Waals surface area contributed by atoms with Gasteiger partial charge in [0.1, 0.15) is 0 Å². The maximum atomic E-state index is 11.9. The van der Waals surface area contributed by atoms with Crippen LogP contribution in [0.5, 0.6) is 0 Å². The molecule has 0 spiro atoms. The highest BCUT2D eigenvalue weighted by Crippen LogP contribution is 2.16. The quantitative estimate of drug-likeness (QED) is 0.593. The number of pyridine rings is 1. The van der Waals surface area contributed by atoms with E-state index in [1.54, 1.807) is 24.5 Å². The predicted molar refractivity (Wildman–Crippen MR) is 92.3 cm³/mol. The molecule has 2 aromatic heterocycles. The van der Waals surface area contributed by atoms with E-state index in [2.05, 4.69) is 20.6 Å². The monoisotopic (exact) mass is 319 g/mol. The summed E-state index contributed by atoms with van der Waals surface area (Å²) in [4.78, 5) is 15.9. The number of para-hydroxylation sites is 1. The van der Waals surface area contributed by atoms with Crippen molar-refractivity contribution in [2.75, 3.05) is 0 Å². The lowest BCUT2D eigenvalue weighted by atomic mass is 10.2. The van der Waals surface area contributed by atoms with Gasteiger partial charge >= 0.3 is 0 Å². The van der Waals surface area contributed by atoms with Crippen LogP contribution >= 0.6 is 0 Å². The molecule has 0 bridgehead atoms. The number of benzene rings is 1. The Morgan fingerprint density at radius 3 is 2.67 bits per heavy atom. The first-order valence-corrected chi connectivity index (χ1v) is 7.52. The smallest absolute Gasteiger partial charge is 0.267 e. The molecule has 1 amide bonds. The molecule has 6 heteroatoms. The number of nitrogens with zero attached hydrogens (tertiary/aromatic N) is 4. The number of hydrogen-bond acceptors (Lipinski definition) is 4. The standard InChI is InChI=1S/C18H17N5O/c1-13-17(12-20-21-18(24)15-7-6-10-19-11-15)14(2)23(22-13)16-8-4-3-5-9-16/h3-12H,1-2H3,(H,21,24)/b20-12-. The lowest BCUT2D eigenvalue weighted by Gasteiger charge is -2.03. The molecular formula is C18H17N5O. The number of rotatable bonds is 4. The summed E-state index contributed by atoms with van der Waals surface area (Å²) in [6.07, 6.45) is 4.73. The van der Waals surface area contributed by atoms with Crippen molar-refractivity contribution < 1.29 is 4.79 Å². The van der Waals surface area contributed by atoms with Crippen LogP contribution in [-0.4, -0.2) is 26.9 Å². The molecule has 0 atom stereocenters. The molecule has 0 aliphatic heterocycles. The molecule has 0 unspecified atom stereocenters. The topological polar surface area (TPSA) is 72.2 Å². The number of hydrogen-bond donors (Lipinski definition) is 1. The van der Waals surface area contributed by atoms with Crippen LogP contribution in [0.4, 0.5) is 0 Å². The van der Waals surface area contributed by atoms with E-state index in [0.29, 0.717) is 5.56 Å². The third-order valence-corrected chi connectivity index (χ3v) is 3.63. The van der Waals surface area contributed by atoms with Gasteiger partial charge in [0.25, 0.3) is 5.91 Å². The van der Waals surface area contributed by atoms with Gasteiger partial charge in [-0.2, -0.15) is 10.2 Å². The molecule has 24 heavy (non-hydrogen) atoms. The SMILES string of the molecule is Cc1nn(-c2ccccc2)c(C)c1/C=N\NC(=O)c1cccnc1. The number of nitrogens with one attached hydrogen (secondary N) is 1. The molecule has 6 nitrogen and oxygen atoms in total. The summed E-state index contributed by atoms with van der Waals surface area (Å²) in [6, 6.07) is 13.3. The second-order valence-corrected chi connectivity index (χ2v) is 5.27. The van der Waals surface area contributed by atoms with Crippen molar-refractivity contribution in [1.82, 2.24) is 20.2 Å². The molecule has 0 fully saturated rings. The molecule has 120 valence electrons. The van der Waals surface area contributed by atoms with E-state index in [9.17, 15) is 4.79 Å². The van der Waals surface area contributed by atoms with Crippen LogP contribution in [0.25, 0.3) is 5.69 Å². The Balaban J connectivity index is 1.78. The lowest BCUT2D eigenvalue weighted by molar-refractivity contribution is 0.0955. The van der Waals surface area contributed by atoms with Gasteiger partial charge in [0, 0.05) is 18.0 Å². The fourth-order valence-electron chi connectivity index (χ4n) is 2.38. The van der Waals surface area contributed by atoms with Crippen molar-refractivity contribution in [2.24, 2.45) is 5.10 Å². The number of carbonyl (C=O) groups excluding carboxylic acids is 1. The normalized spacial score (nSPS) is 10.9. The third kappa shape index (κ3) is 3.22. The summed E-state index contributed by atoms with van der Waals surface area (Å²) < 4.78 is 1.86. The Kier molecular flexibility index (Phi) is 4.47. The summed E-state index contributed by atoms with van der Waals surface area (Å²) in [5, 5.41) is 8.58. The number of amides is 1. The molecule has 1 aromatic carbocycles. The first kappa shape index (κ1) is 15.6. The minimum atomic E-state index is -0.301. The average molecular weight is 319 g/mol. The fraction of sp³-hybridized carbons (Fsp3) is 0.111. The Labute approximate surface area is 139 Å². The minimum absolute atomic E-state index is 0.301. The zero-order valence-electron chi connectivity index (χ0n) is 13.5. The number of carbonyl (C=O) groups is 1. The summed E-state index contributed by atoms with van der Waals surface area (Å²) in [5.41, 5.74) is 6.63. The Morgan fingerprint density at radius 1 is 1.17 bits per heavy atom. The van der Waals surface area contributed by atoms with Crippen molar-refractivity contribution in [3.8, 4) is 5.69 Å². The van der Waals surface area contributed by atoms with Crippen molar-refractivity contribution >= 4 is 12.1 Å². The van der Waals surface area contributed by atoms with Crippen LogP contribution in [0.3, 0.4) is 0 Å². The van der Waals surface area contributed by atoms with Gasteiger partial charge in [-0.05, 0) is 38.1 Å². The maximum Gasteiger partial charge on any atom is 0.272 e. The second kappa shape index (κ2) is 6.87. The molecule has 0 aliphatic carbocycles. The van der Waals surface area contributed by atoms with E-state index >= 15 is 0 Å². The van der Waals surface area contributed by atoms with Gasteiger partial charge in [0.05, 0.1) is 28.9 Å². The molecule has 0 aliphatic rings. The molecular weight excluding hydrogens is 302 g/mol. The van der Waals surface area contributed by atoms with Gasteiger partial charge < -0.3 is 0 Å². The van der Waals surface area contributed by atoms with Crippen LogP contribution in [-0.2, 0) is 0 Å². The Bertz CT molecular complexity index is 869. The zero-order valence-corrected chi connectivity index (χ0v) is 13.5. The van der Waals surface area contributed by atoms with Gasteiger partial charge in [-0.25, -0.2) is 10.1 Å². The van der Waals surface area contributed by atoms with E-state index in [4.69, 9.17) is 0 Å². The van der Waals surface area contributed by atoms with Crippen molar-refractivity contribution in [3.63, 3.8) is 0 Å². The first-order chi connectivity index (χ1) is 11.7. The van der Waals surface area contributed by atoms with Gasteiger partial charge in [0.2, 0.25) is 0 Å². The van der Waals surface area contributed by atoms with E-state index in [0.717, 1.165) is 22.6 Å². The lowest BCUT2D eigenvalue weighted by Crippen LogP contribution is -2.17. The molecule has 0 saturated carbocycles. The van der Waals surface area contributed by atoms with E-state index in [1.807, 2.05) is 48.9 Å². The van der Waals surface area contributed by atoms with Gasteiger partial charge in [-0.1, -0.05) is 18.2 Å². The van der Waals surface area contributed by atoms with Crippen molar-refractivity contribution in [3.05, 3.63) is 77.4 Å². The number of aromatic nitrogens is 3. The molecule has 1 N–H and O–H groups in total. The van der Waals surface area contributed by atoms with Gasteiger partial charge in [0.15, 0.2) is 0 Å². The zero-order chi connectivity index (χ0) is 16.9. The van der Waals surface area contributed by atoms with Crippen LogP contribution < -0.4 is 5.43 Å². The molecule has 3 aromatic rings. The Hall–Kier alpha value is -3.28. The fourth-order valence-corrected chi connectivity index (χ4v) is 2.38. The van der Waals surface area contributed by atoms with E-state index < -0.39 is 0 Å². The third-order valence-electron chi connectivity index (χ3n) is 3.63. The summed E-state index contributed by atoms with van der Waals surface area (Å²) >= 11 is 0. The number of aryl methyl sites for hydroxylation is 1. The van der Waals surface area contributed by atoms with Crippen LogP contribution in [0.15, 0.2) is 60.0 Å². The van der Waals surface area contributed by atoms with Gasteiger partial charge in [-0.3, -0.25) is 9.78 Å². The molecule has 3 rings (SSSR count). The largest absolute Gasteiger partial charge is 0.272 e. The van der Waals surface area contributed by atoms with Crippen molar-refractivity contribution in [1.29, 1.82) is 0 Å². The van der Waals surface area contributed by atoms with E-state index in [1.165, 1.54) is 6.20 Å². The molecule has 0 radical (unpaired) electrons. The number of hydrazone groups is 1. The highest BCUT2D eigenvalue weighted by molar-refractivity contribution is 5.94. The molecule has 2 heterocycles. The minimum Gasteiger partial charge on any atom is -0.267 e. The highest BCUT2D eigenvalue weighted by atomic mass is 16.2. The average Bonchev–Trinajstić information content (AvgIpc) is 2.91.